The first kappa shape index (κ1) is 15.0. The standard InChI is InChI=1S/C16H24N2O2S/c1-13-8-17(2)10-16(13)11-18(4-5-20-12-16)15(19)7-14-3-6-21-9-14/h3,6,9,13H,4-5,7-8,10-12H2,1-2H3/t13-,16+/m0/s1. The lowest BCUT2D eigenvalue weighted by atomic mass is 9.79. The summed E-state index contributed by atoms with van der Waals surface area (Å²) in [6, 6.07) is 2.04. The van der Waals surface area contributed by atoms with Crippen molar-refractivity contribution >= 4 is 17.2 Å². The quantitative estimate of drug-likeness (QED) is 0.834. The molecule has 0 radical (unpaired) electrons. The molecule has 0 aliphatic carbocycles. The fourth-order valence-corrected chi connectivity index (χ4v) is 4.33. The Morgan fingerprint density at radius 3 is 3.05 bits per heavy atom. The van der Waals surface area contributed by atoms with Crippen molar-refractivity contribution in [2.24, 2.45) is 11.3 Å². The fraction of sp³-hybridized carbons (Fsp3) is 0.688. The largest absolute Gasteiger partial charge is 0.379 e. The van der Waals surface area contributed by atoms with Gasteiger partial charge in [0.2, 0.25) is 5.91 Å². The molecule has 2 atom stereocenters. The van der Waals surface area contributed by atoms with Crippen molar-refractivity contribution in [1.82, 2.24) is 9.80 Å². The maximum atomic E-state index is 12.6. The van der Waals surface area contributed by atoms with Crippen molar-refractivity contribution in [3.63, 3.8) is 0 Å². The molecule has 2 aliphatic heterocycles. The highest BCUT2D eigenvalue weighted by molar-refractivity contribution is 7.07. The van der Waals surface area contributed by atoms with E-state index in [2.05, 4.69) is 24.3 Å². The maximum absolute atomic E-state index is 12.6. The first-order valence-corrected chi connectivity index (χ1v) is 8.58. The fourth-order valence-electron chi connectivity index (χ4n) is 3.66. The van der Waals surface area contributed by atoms with Crippen molar-refractivity contribution in [1.29, 1.82) is 0 Å². The van der Waals surface area contributed by atoms with Gasteiger partial charge in [0.1, 0.15) is 0 Å². The summed E-state index contributed by atoms with van der Waals surface area (Å²) in [5, 5.41) is 4.09. The zero-order chi connectivity index (χ0) is 14.9. The van der Waals surface area contributed by atoms with Gasteiger partial charge in [-0.25, -0.2) is 0 Å². The Bertz CT molecular complexity index is 490. The van der Waals surface area contributed by atoms with Gasteiger partial charge in [0, 0.05) is 31.6 Å². The van der Waals surface area contributed by atoms with Gasteiger partial charge in [0.05, 0.1) is 19.6 Å². The zero-order valence-corrected chi connectivity index (χ0v) is 13.7. The lowest BCUT2D eigenvalue weighted by molar-refractivity contribution is -0.131. The van der Waals surface area contributed by atoms with Gasteiger partial charge in [-0.1, -0.05) is 6.92 Å². The van der Waals surface area contributed by atoms with E-state index >= 15 is 0 Å². The van der Waals surface area contributed by atoms with Gasteiger partial charge in [-0.3, -0.25) is 4.79 Å². The Morgan fingerprint density at radius 1 is 1.52 bits per heavy atom. The lowest BCUT2D eigenvalue weighted by Gasteiger charge is -2.35. The van der Waals surface area contributed by atoms with Crippen LogP contribution in [0.3, 0.4) is 0 Å². The number of carbonyl (C=O) groups is 1. The van der Waals surface area contributed by atoms with E-state index in [1.54, 1.807) is 11.3 Å². The molecule has 0 saturated carbocycles. The second-order valence-electron chi connectivity index (χ2n) is 6.64. The summed E-state index contributed by atoms with van der Waals surface area (Å²) < 4.78 is 5.85. The Morgan fingerprint density at radius 2 is 2.38 bits per heavy atom. The van der Waals surface area contributed by atoms with Gasteiger partial charge in [-0.2, -0.15) is 11.3 Å². The van der Waals surface area contributed by atoms with E-state index in [0.717, 1.165) is 38.3 Å². The first-order chi connectivity index (χ1) is 10.1. The molecule has 2 saturated heterocycles. The summed E-state index contributed by atoms with van der Waals surface area (Å²) in [6.07, 6.45) is 0.518. The molecule has 116 valence electrons. The number of likely N-dealkylation sites (tertiary alicyclic amines) is 1. The van der Waals surface area contributed by atoms with E-state index in [4.69, 9.17) is 4.74 Å². The maximum Gasteiger partial charge on any atom is 0.227 e. The molecule has 1 aromatic rings. The van der Waals surface area contributed by atoms with Gasteiger partial charge < -0.3 is 14.5 Å². The van der Waals surface area contributed by atoms with Crippen molar-refractivity contribution in [3.05, 3.63) is 22.4 Å². The molecule has 1 aromatic heterocycles. The third-order valence-electron chi connectivity index (χ3n) is 4.90. The Hall–Kier alpha value is -0.910. The van der Waals surface area contributed by atoms with Crippen LogP contribution in [0.4, 0.5) is 0 Å². The van der Waals surface area contributed by atoms with Gasteiger partial charge in [-0.05, 0) is 35.4 Å². The van der Waals surface area contributed by atoms with Gasteiger partial charge in [-0.15, -0.1) is 0 Å². The van der Waals surface area contributed by atoms with E-state index in [1.807, 2.05) is 16.3 Å². The normalized spacial score (nSPS) is 30.8. The Balaban J connectivity index is 1.71. The molecular weight excluding hydrogens is 284 g/mol. The van der Waals surface area contributed by atoms with Crippen LogP contribution in [0.1, 0.15) is 12.5 Å². The summed E-state index contributed by atoms with van der Waals surface area (Å²) in [5.41, 5.74) is 1.23. The first-order valence-electron chi connectivity index (χ1n) is 7.64. The molecule has 3 rings (SSSR count). The number of nitrogens with zero attached hydrogens (tertiary/aromatic N) is 2. The number of rotatable bonds is 2. The van der Waals surface area contributed by atoms with Crippen LogP contribution in [0.15, 0.2) is 16.8 Å². The van der Waals surface area contributed by atoms with Gasteiger partial charge in [0.25, 0.3) is 0 Å². The van der Waals surface area contributed by atoms with E-state index in [-0.39, 0.29) is 11.3 Å². The van der Waals surface area contributed by atoms with Crippen molar-refractivity contribution in [2.75, 3.05) is 46.4 Å². The highest BCUT2D eigenvalue weighted by Crippen LogP contribution is 2.37. The molecule has 4 nitrogen and oxygen atoms in total. The number of ether oxygens (including phenoxy) is 1. The average molecular weight is 308 g/mol. The second kappa shape index (κ2) is 6.07. The molecule has 0 N–H and O–H groups in total. The van der Waals surface area contributed by atoms with E-state index in [9.17, 15) is 4.79 Å². The molecule has 21 heavy (non-hydrogen) atoms. The summed E-state index contributed by atoms with van der Waals surface area (Å²) >= 11 is 1.65. The predicted molar refractivity (Wildman–Crippen MR) is 84.5 cm³/mol. The molecule has 3 heterocycles. The van der Waals surface area contributed by atoms with Gasteiger partial charge >= 0.3 is 0 Å². The van der Waals surface area contributed by atoms with Crippen LogP contribution in [0, 0.1) is 11.3 Å². The predicted octanol–water partition coefficient (Wildman–Crippen LogP) is 1.72. The minimum Gasteiger partial charge on any atom is -0.379 e. The number of hydrogen-bond acceptors (Lipinski definition) is 4. The average Bonchev–Trinajstić information content (AvgIpc) is 2.95. The third-order valence-corrected chi connectivity index (χ3v) is 5.64. The van der Waals surface area contributed by atoms with Crippen LogP contribution in [0.2, 0.25) is 0 Å². The molecule has 0 unspecified atom stereocenters. The van der Waals surface area contributed by atoms with E-state index in [0.29, 0.717) is 18.9 Å². The molecular formula is C16H24N2O2S. The number of thiophene rings is 1. The number of amides is 1. The Labute approximate surface area is 130 Å². The summed E-state index contributed by atoms with van der Waals surface area (Å²) in [5.74, 6) is 0.803. The zero-order valence-electron chi connectivity index (χ0n) is 12.9. The monoisotopic (exact) mass is 308 g/mol. The highest BCUT2D eigenvalue weighted by atomic mass is 32.1. The summed E-state index contributed by atoms with van der Waals surface area (Å²) in [4.78, 5) is 17.0. The smallest absolute Gasteiger partial charge is 0.227 e. The highest BCUT2D eigenvalue weighted by Gasteiger charge is 2.46. The van der Waals surface area contributed by atoms with Crippen molar-refractivity contribution < 1.29 is 9.53 Å². The molecule has 1 amide bonds. The molecule has 0 bridgehead atoms. The second-order valence-corrected chi connectivity index (χ2v) is 7.42. The van der Waals surface area contributed by atoms with Gasteiger partial charge in [0.15, 0.2) is 0 Å². The molecule has 2 aliphatic rings. The van der Waals surface area contributed by atoms with Crippen LogP contribution in [0.5, 0.6) is 0 Å². The van der Waals surface area contributed by atoms with Crippen molar-refractivity contribution in [2.45, 2.75) is 13.3 Å². The lowest BCUT2D eigenvalue weighted by Crippen LogP contribution is -2.46. The summed E-state index contributed by atoms with van der Waals surface area (Å²) in [6.45, 7) is 7.41. The van der Waals surface area contributed by atoms with Crippen LogP contribution >= 0.6 is 11.3 Å². The van der Waals surface area contributed by atoms with E-state index < -0.39 is 0 Å². The Kier molecular flexibility index (Phi) is 4.33. The van der Waals surface area contributed by atoms with Crippen LogP contribution in [0.25, 0.3) is 0 Å². The molecule has 0 aromatic carbocycles. The van der Waals surface area contributed by atoms with Crippen molar-refractivity contribution in [3.8, 4) is 0 Å². The minimum atomic E-state index is 0.107. The number of carbonyl (C=O) groups excluding carboxylic acids is 1. The molecule has 1 spiro atoms. The SMILES string of the molecule is C[C@H]1CN(C)C[C@@]12COCCN(C(=O)Cc1ccsc1)C2. The molecule has 5 heteroatoms. The number of hydrogen-bond donors (Lipinski definition) is 0. The van der Waals surface area contributed by atoms with Crippen LogP contribution in [-0.4, -0.2) is 62.1 Å². The molecule has 2 fully saturated rings. The summed E-state index contributed by atoms with van der Waals surface area (Å²) in [7, 11) is 2.16. The third kappa shape index (κ3) is 3.15. The topological polar surface area (TPSA) is 32.8 Å². The van der Waals surface area contributed by atoms with E-state index in [1.165, 1.54) is 0 Å². The van der Waals surface area contributed by atoms with Crippen LogP contribution < -0.4 is 0 Å². The van der Waals surface area contributed by atoms with Crippen LogP contribution in [-0.2, 0) is 16.0 Å². The minimum absolute atomic E-state index is 0.107.